The van der Waals surface area contributed by atoms with E-state index in [2.05, 4.69) is 4.74 Å². The Morgan fingerprint density at radius 3 is 2.25 bits per heavy atom. The zero-order valence-electron chi connectivity index (χ0n) is 10.7. The van der Waals surface area contributed by atoms with Gasteiger partial charge in [0.25, 0.3) is 0 Å². The van der Waals surface area contributed by atoms with Gasteiger partial charge in [-0.05, 0) is 30.8 Å². The van der Waals surface area contributed by atoms with Crippen molar-refractivity contribution in [1.29, 1.82) is 0 Å². The number of carbonyl (C=O) groups is 2. The van der Waals surface area contributed by atoms with Gasteiger partial charge < -0.3 is 4.74 Å². The molecule has 0 fully saturated rings. The van der Waals surface area contributed by atoms with Crippen LogP contribution < -0.4 is 0 Å². The van der Waals surface area contributed by atoms with Gasteiger partial charge in [-0.25, -0.2) is 0 Å². The monoisotopic (exact) mass is 306 g/mol. The highest BCUT2D eigenvalue weighted by atomic mass is 32.2. The molecule has 0 N–H and O–H groups in total. The molecule has 0 aliphatic rings. The Balaban J connectivity index is 2.55. The number of ether oxygens (including phenoxy) is 1. The Morgan fingerprint density at radius 1 is 1.15 bits per heavy atom. The summed E-state index contributed by atoms with van der Waals surface area (Å²) in [6, 6.07) is 5.11. The van der Waals surface area contributed by atoms with Gasteiger partial charge in [-0.15, -0.1) is 0 Å². The molecule has 0 bridgehead atoms. The van der Waals surface area contributed by atoms with Crippen LogP contribution in [0.4, 0.5) is 13.2 Å². The normalized spacial score (nSPS) is 11.2. The van der Waals surface area contributed by atoms with Crippen molar-refractivity contribution in [2.75, 3.05) is 6.61 Å². The third-order valence-electron chi connectivity index (χ3n) is 2.27. The zero-order chi connectivity index (χ0) is 15.2. The Bertz CT molecular complexity index is 469. The van der Waals surface area contributed by atoms with Gasteiger partial charge in [-0.3, -0.25) is 9.59 Å². The number of alkyl halides is 3. The van der Waals surface area contributed by atoms with E-state index in [4.69, 9.17) is 0 Å². The van der Waals surface area contributed by atoms with E-state index >= 15 is 0 Å². The van der Waals surface area contributed by atoms with E-state index in [1.165, 1.54) is 24.3 Å². The summed E-state index contributed by atoms with van der Waals surface area (Å²) < 4.78 is 41.1. The Hall–Kier alpha value is -1.50. The lowest BCUT2D eigenvalue weighted by Crippen LogP contribution is -2.08. The second-order valence-corrected chi connectivity index (χ2v) is 4.94. The minimum atomic E-state index is -4.35. The first-order chi connectivity index (χ1) is 9.31. The summed E-state index contributed by atoms with van der Waals surface area (Å²) >= 11 is -0.239. The largest absolute Gasteiger partial charge is 0.466 e. The van der Waals surface area contributed by atoms with Crippen LogP contribution in [-0.4, -0.2) is 23.9 Å². The van der Waals surface area contributed by atoms with Crippen LogP contribution in [-0.2, 0) is 9.53 Å². The lowest BCUT2D eigenvalue weighted by molar-refractivity contribution is -0.143. The summed E-state index contributed by atoms with van der Waals surface area (Å²) in [4.78, 5) is 22.8. The number of Topliss-reactive ketones (excluding diaryl/α,β-unsaturated/α-hetero) is 1. The molecule has 0 aliphatic heterocycles. The number of benzene rings is 1. The van der Waals surface area contributed by atoms with Crippen molar-refractivity contribution < 1.29 is 27.5 Å². The molecule has 0 saturated heterocycles. The van der Waals surface area contributed by atoms with Crippen LogP contribution in [0.3, 0.4) is 0 Å². The van der Waals surface area contributed by atoms with E-state index in [0.29, 0.717) is 0 Å². The Morgan fingerprint density at radius 2 is 1.75 bits per heavy atom. The molecule has 0 atom stereocenters. The third-order valence-corrected chi connectivity index (χ3v) is 3.01. The molecule has 110 valence electrons. The summed E-state index contributed by atoms with van der Waals surface area (Å²) in [6.07, 6.45) is -0.0592. The summed E-state index contributed by atoms with van der Waals surface area (Å²) in [5.74, 6) is -0.772. The molecule has 0 aromatic heterocycles. The standard InChI is InChI=1S/C13H13F3O3S/c1-2-19-12(18)8-7-11(17)9-3-5-10(6-4-9)20-13(14,15)16/h3-6H,2,7-8H2,1H3. The molecule has 20 heavy (non-hydrogen) atoms. The molecule has 0 spiro atoms. The number of carbonyl (C=O) groups excluding carboxylic acids is 2. The summed E-state index contributed by atoms with van der Waals surface area (Å²) in [6.45, 7) is 1.91. The van der Waals surface area contributed by atoms with Gasteiger partial charge in [0, 0.05) is 16.9 Å². The van der Waals surface area contributed by atoms with Gasteiger partial charge in [0.2, 0.25) is 0 Å². The molecule has 1 aromatic carbocycles. The van der Waals surface area contributed by atoms with Crippen LogP contribution in [0.5, 0.6) is 0 Å². The fourth-order valence-electron chi connectivity index (χ4n) is 1.44. The predicted molar refractivity (Wildman–Crippen MR) is 68.6 cm³/mol. The van der Waals surface area contributed by atoms with E-state index in [0.717, 1.165) is 0 Å². The maximum atomic E-state index is 12.1. The molecule has 1 rings (SSSR count). The number of rotatable bonds is 6. The van der Waals surface area contributed by atoms with Crippen molar-refractivity contribution in [3.05, 3.63) is 29.8 Å². The average Bonchev–Trinajstić information content (AvgIpc) is 2.35. The summed E-state index contributed by atoms with van der Waals surface area (Å²) in [5.41, 5.74) is -4.07. The van der Waals surface area contributed by atoms with Crippen molar-refractivity contribution in [1.82, 2.24) is 0 Å². The average molecular weight is 306 g/mol. The van der Waals surface area contributed by atoms with Gasteiger partial charge >= 0.3 is 11.5 Å². The minimum absolute atomic E-state index is 0.0134. The first-order valence-corrected chi connectivity index (χ1v) is 6.68. The number of hydrogen-bond acceptors (Lipinski definition) is 4. The number of thioether (sulfide) groups is 1. The van der Waals surface area contributed by atoms with Gasteiger partial charge in [0.15, 0.2) is 5.78 Å². The molecule has 0 aliphatic carbocycles. The predicted octanol–water partition coefficient (Wildman–Crippen LogP) is 3.82. The maximum Gasteiger partial charge on any atom is 0.446 e. The fraction of sp³-hybridized carbons (Fsp3) is 0.385. The van der Waals surface area contributed by atoms with Crippen LogP contribution >= 0.6 is 11.8 Å². The first kappa shape index (κ1) is 16.6. The van der Waals surface area contributed by atoms with E-state index < -0.39 is 11.5 Å². The molecule has 0 amide bonds. The summed E-state index contributed by atoms with van der Waals surface area (Å²) in [5, 5.41) is 0. The Kier molecular flexibility index (Phi) is 6.06. The molecule has 7 heteroatoms. The fourth-order valence-corrected chi connectivity index (χ4v) is 1.98. The van der Waals surface area contributed by atoms with Crippen molar-refractivity contribution in [2.45, 2.75) is 30.2 Å². The number of ketones is 1. The lowest BCUT2D eigenvalue weighted by Gasteiger charge is -2.06. The van der Waals surface area contributed by atoms with Gasteiger partial charge in [0.1, 0.15) is 0 Å². The van der Waals surface area contributed by atoms with Crippen molar-refractivity contribution in [2.24, 2.45) is 0 Å². The highest BCUT2D eigenvalue weighted by Gasteiger charge is 2.29. The van der Waals surface area contributed by atoms with Crippen molar-refractivity contribution >= 4 is 23.5 Å². The van der Waals surface area contributed by atoms with Crippen LogP contribution in [0, 0.1) is 0 Å². The van der Waals surface area contributed by atoms with Crippen LogP contribution in [0.2, 0.25) is 0 Å². The van der Waals surface area contributed by atoms with Crippen molar-refractivity contribution in [3.63, 3.8) is 0 Å². The maximum absolute atomic E-state index is 12.1. The van der Waals surface area contributed by atoms with Gasteiger partial charge in [-0.1, -0.05) is 12.1 Å². The van der Waals surface area contributed by atoms with E-state index in [1.54, 1.807) is 6.92 Å². The number of hydrogen-bond donors (Lipinski definition) is 0. The van der Waals surface area contributed by atoms with Crippen molar-refractivity contribution in [3.8, 4) is 0 Å². The second-order valence-electron chi connectivity index (χ2n) is 3.80. The lowest BCUT2D eigenvalue weighted by atomic mass is 10.1. The van der Waals surface area contributed by atoms with Crippen LogP contribution in [0.25, 0.3) is 0 Å². The molecule has 0 saturated carbocycles. The Labute approximate surface area is 118 Å². The first-order valence-electron chi connectivity index (χ1n) is 5.86. The SMILES string of the molecule is CCOC(=O)CCC(=O)c1ccc(SC(F)(F)F)cc1. The highest BCUT2D eigenvalue weighted by molar-refractivity contribution is 8.00. The topological polar surface area (TPSA) is 43.4 Å². The zero-order valence-corrected chi connectivity index (χ0v) is 11.5. The summed E-state index contributed by atoms with van der Waals surface area (Å²) in [7, 11) is 0. The quantitative estimate of drug-likeness (QED) is 0.455. The van der Waals surface area contributed by atoms with Gasteiger partial charge in [0.05, 0.1) is 13.0 Å². The van der Waals surface area contributed by atoms with Crippen LogP contribution in [0.1, 0.15) is 30.1 Å². The number of esters is 1. The smallest absolute Gasteiger partial charge is 0.446 e. The molecular weight excluding hydrogens is 293 g/mol. The van der Waals surface area contributed by atoms with E-state index in [-0.39, 0.29) is 47.5 Å². The molecule has 1 aromatic rings. The minimum Gasteiger partial charge on any atom is -0.466 e. The third kappa shape index (κ3) is 6.10. The number of halogens is 3. The van der Waals surface area contributed by atoms with E-state index in [9.17, 15) is 22.8 Å². The molecule has 3 nitrogen and oxygen atoms in total. The molecule has 0 heterocycles. The molecule has 0 unspecified atom stereocenters. The van der Waals surface area contributed by atoms with E-state index in [1.807, 2.05) is 0 Å². The molecule has 0 radical (unpaired) electrons. The van der Waals surface area contributed by atoms with Gasteiger partial charge in [-0.2, -0.15) is 13.2 Å². The highest BCUT2D eigenvalue weighted by Crippen LogP contribution is 2.36. The molecular formula is C13H13F3O3S. The van der Waals surface area contributed by atoms with Crippen LogP contribution in [0.15, 0.2) is 29.2 Å². The second kappa shape index (κ2) is 7.33.